The lowest BCUT2D eigenvalue weighted by atomic mass is 10.0. The summed E-state index contributed by atoms with van der Waals surface area (Å²) in [5.74, 6) is 0.799. The zero-order valence-corrected chi connectivity index (χ0v) is 11.9. The van der Waals surface area contributed by atoms with Crippen LogP contribution in [0.25, 0.3) is 0 Å². The van der Waals surface area contributed by atoms with Crippen molar-refractivity contribution in [3.63, 3.8) is 0 Å². The maximum Gasteiger partial charge on any atom is 0.250 e. The Bertz CT molecular complexity index is 632. The van der Waals surface area contributed by atoms with Gasteiger partial charge in [0.15, 0.2) is 0 Å². The fraction of sp³-hybridized carbons (Fsp3) is 0.312. The topological polar surface area (TPSA) is 57.2 Å². The molecule has 1 unspecified atom stereocenters. The Morgan fingerprint density at radius 3 is 2.75 bits per heavy atom. The van der Waals surface area contributed by atoms with E-state index in [2.05, 4.69) is 0 Å². The molecule has 0 bridgehead atoms. The van der Waals surface area contributed by atoms with Crippen molar-refractivity contribution in [2.45, 2.75) is 26.4 Å². The number of hydrogen-bond donors (Lipinski definition) is 1. The molecule has 4 heteroatoms. The fourth-order valence-corrected chi connectivity index (χ4v) is 2.08. The molecule has 4 nitrogen and oxygen atoms in total. The lowest BCUT2D eigenvalue weighted by molar-refractivity contribution is 0.335. The predicted molar refractivity (Wildman–Crippen MR) is 80.0 cm³/mol. The normalized spacial score (nSPS) is 12.2. The van der Waals surface area contributed by atoms with Crippen molar-refractivity contribution in [1.82, 2.24) is 4.57 Å². The molecule has 0 saturated carbocycles. The second kappa shape index (κ2) is 6.39. The smallest absolute Gasteiger partial charge is 0.250 e. The van der Waals surface area contributed by atoms with Gasteiger partial charge in [-0.25, -0.2) is 0 Å². The van der Waals surface area contributed by atoms with Gasteiger partial charge in [-0.1, -0.05) is 12.1 Å². The first-order valence-electron chi connectivity index (χ1n) is 6.78. The lowest BCUT2D eigenvalue weighted by Gasteiger charge is -2.15. The summed E-state index contributed by atoms with van der Waals surface area (Å²) in [6, 6.07) is 11.0. The maximum atomic E-state index is 11.8. The molecule has 2 N–H and O–H groups in total. The van der Waals surface area contributed by atoms with Gasteiger partial charge < -0.3 is 15.0 Å². The van der Waals surface area contributed by atoms with Crippen LogP contribution in [0.15, 0.2) is 47.4 Å². The van der Waals surface area contributed by atoms with E-state index in [9.17, 15) is 4.79 Å². The Morgan fingerprint density at radius 2 is 2.10 bits per heavy atom. The van der Waals surface area contributed by atoms with Gasteiger partial charge in [0.25, 0.3) is 5.56 Å². The van der Waals surface area contributed by atoms with Crippen LogP contribution < -0.4 is 16.0 Å². The minimum Gasteiger partial charge on any atom is -0.494 e. The zero-order valence-electron chi connectivity index (χ0n) is 11.9. The van der Waals surface area contributed by atoms with E-state index < -0.39 is 0 Å². The summed E-state index contributed by atoms with van der Waals surface area (Å²) in [6.07, 6.45) is 1.77. The SMILES string of the molecule is CCOc1ccc(C(C)N)cc1Cn1ccccc1=O. The van der Waals surface area contributed by atoms with Gasteiger partial charge in [0.2, 0.25) is 0 Å². The summed E-state index contributed by atoms with van der Waals surface area (Å²) in [5, 5.41) is 0. The van der Waals surface area contributed by atoms with Crippen LogP contribution in [-0.2, 0) is 6.54 Å². The van der Waals surface area contributed by atoms with E-state index in [0.717, 1.165) is 16.9 Å². The highest BCUT2D eigenvalue weighted by Gasteiger charge is 2.08. The summed E-state index contributed by atoms with van der Waals surface area (Å²) in [7, 11) is 0. The van der Waals surface area contributed by atoms with E-state index in [1.807, 2.05) is 38.1 Å². The summed E-state index contributed by atoms with van der Waals surface area (Å²) in [4.78, 5) is 11.8. The number of aromatic nitrogens is 1. The van der Waals surface area contributed by atoms with Gasteiger partial charge in [-0.3, -0.25) is 4.79 Å². The molecule has 0 radical (unpaired) electrons. The van der Waals surface area contributed by atoms with Crippen LogP contribution >= 0.6 is 0 Å². The Labute approximate surface area is 118 Å². The van der Waals surface area contributed by atoms with Crippen molar-refractivity contribution in [3.8, 4) is 5.75 Å². The summed E-state index contributed by atoms with van der Waals surface area (Å²) < 4.78 is 7.28. The van der Waals surface area contributed by atoms with Crippen LogP contribution in [-0.4, -0.2) is 11.2 Å². The van der Waals surface area contributed by atoms with E-state index in [1.165, 1.54) is 0 Å². The van der Waals surface area contributed by atoms with E-state index in [0.29, 0.717) is 13.2 Å². The van der Waals surface area contributed by atoms with Crippen LogP contribution in [0.3, 0.4) is 0 Å². The molecule has 1 atom stereocenters. The predicted octanol–water partition coefficient (Wildman–Crippen LogP) is 2.32. The Morgan fingerprint density at radius 1 is 1.30 bits per heavy atom. The van der Waals surface area contributed by atoms with Gasteiger partial charge in [0.1, 0.15) is 5.75 Å². The standard InChI is InChI=1S/C16H20N2O2/c1-3-20-15-8-7-13(12(2)17)10-14(15)11-18-9-5-4-6-16(18)19/h4-10,12H,3,11,17H2,1-2H3. The Hall–Kier alpha value is -2.07. The van der Waals surface area contributed by atoms with Gasteiger partial charge >= 0.3 is 0 Å². The molecule has 1 heterocycles. The number of hydrogen-bond acceptors (Lipinski definition) is 3. The minimum atomic E-state index is -0.0445. The number of benzene rings is 1. The van der Waals surface area contributed by atoms with Gasteiger partial charge in [0.05, 0.1) is 13.2 Å². The molecular weight excluding hydrogens is 252 g/mol. The largest absolute Gasteiger partial charge is 0.494 e. The van der Waals surface area contributed by atoms with E-state index >= 15 is 0 Å². The number of pyridine rings is 1. The molecule has 2 aromatic rings. The number of nitrogens with zero attached hydrogens (tertiary/aromatic N) is 1. The number of rotatable bonds is 5. The first-order valence-corrected chi connectivity index (χ1v) is 6.78. The monoisotopic (exact) mass is 272 g/mol. The molecule has 0 amide bonds. The van der Waals surface area contributed by atoms with Gasteiger partial charge in [0, 0.05) is 23.9 Å². The van der Waals surface area contributed by atoms with Crippen LogP contribution in [0.4, 0.5) is 0 Å². The highest BCUT2D eigenvalue weighted by molar-refractivity contribution is 5.38. The molecule has 0 spiro atoms. The summed E-state index contributed by atoms with van der Waals surface area (Å²) in [5.41, 5.74) is 7.90. The lowest BCUT2D eigenvalue weighted by Crippen LogP contribution is -2.19. The molecule has 0 fully saturated rings. The Kier molecular flexibility index (Phi) is 4.58. The number of nitrogens with two attached hydrogens (primary N) is 1. The molecule has 20 heavy (non-hydrogen) atoms. The minimum absolute atomic E-state index is 0.0267. The third kappa shape index (κ3) is 3.27. The van der Waals surface area contributed by atoms with Crippen molar-refractivity contribution in [2.75, 3.05) is 6.61 Å². The average molecular weight is 272 g/mol. The fourth-order valence-electron chi connectivity index (χ4n) is 2.08. The van der Waals surface area contributed by atoms with Crippen molar-refractivity contribution in [1.29, 1.82) is 0 Å². The van der Waals surface area contributed by atoms with E-state index in [-0.39, 0.29) is 11.6 Å². The maximum absolute atomic E-state index is 11.8. The van der Waals surface area contributed by atoms with Crippen LogP contribution in [0.2, 0.25) is 0 Å². The molecule has 0 aliphatic carbocycles. The second-order valence-electron chi connectivity index (χ2n) is 4.76. The second-order valence-corrected chi connectivity index (χ2v) is 4.76. The molecular formula is C16H20N2O2. The average Bonchev–Trinajstić information content (AvgIpc) is 2.43. The van der Waals surface area contributed by atoms with Crippen LogP contribution in [0, 0.1) is 0 Å². The first-order chi connectivity index (χ1) is 9.61. The van der Waals surface area contributed by atoms with Crippen LogP contribution in [0.1, 0.15) is 31.0 Å². The number of ether oxygens (including phenoxy) is 1. The van der Waals surface area contributed by atoms with E-state index in [1.54, 1.807) is 22.9 Å². The Balaban J connectivity index is 2.39. The van der Waals surface area contributed by atoms with Crippen molar-refractivity contribution < 1.29 is 4.74 Å². The van der Waals surface area contributed by atoms with Crippen LogP contribution in [0.5, 0.6) is 5.75 Å². The first kappa shape index (κ1) is 14.3. The zero-order chi connectivity index (χ0) is 14.5. The molecule has 0 aliphatic rings. The highest BCUT2D eigenvalue weighted by Crippen LogP contribution is 2.23. The van der Waals surface area contributed by atoms with Crippen molar-refractivity contribution in [3.05, 3.63) is 64.1 Å². The quantitative estimate of drug-likeness (QED) is 0.908. The molecule has 2 rings (SSSR count). The van der Waals surface area contributed by atoms with Gasteiger partial charge in [-0.15, -0.1) is 0 Å². The summed E-state index contributed by atoms with van der Waals surface area (Å²) >= 11 is 0. The summed E-state index contributed by atoms with van der Waals surface area (Å²) in [6.45, 7) is 4.95. The van der Waals surface area contributed by atoms with Crippen molar-refractivity contribution >= 4 is 0 Å². The van der Waals surface area contributed by atoms with Crippen molar-refractivity contribution in [2.24, 2.45) is 5.73 Å². The molecule has 106 valence electrons. The van der Waals surface area contributed by atoms with Gasteiger partial charge in [-0.2, -0.15) is 0 Å². The third-order valence-corrected chi connectivity index (χ3v) is 3.15. The van der Waals surface area contributed by atoms with E-state index in [4.69, 9.17) is 10.5 Å². The molecule has 0 aliphatic heterocycles. The van der Waals surface area contributed by atoms with Gasteiger partial charge in [-0.05, 0) is 37.6 Å². The molecule has 1 aromatic carbocycles. The molecule has 0 saturated heterocycles. The molecule has 1 aromatic heterocycles. The third-order valence-electron chi connectivity index (χ3n) is 3.15. The highest BCUT2D eigenvalue weighted by atomic mass is 16.5.